The fourth-order valence-corrected chi connectivity index (χ4v) is 6.32. The smallest absolute Gasteiger partial charge is 0.308 e. The van der Waals surface area contributed by atoms with Gasteiger partial charge in [0, 0.05) is 26.1 Å². The summed E-state index contributed by atoms with van der Waals surface area (Å²) in [5, 5.41) is 0.309. The number of hydrogen-bond donors (Lipinski definition) is 1. The molecule has 1 saturated heterocycles. The van der Waals surface area contributed by atoms with Gasteiger partial charge in [0.05, 0.1) is 25.8 Å². The molecule has 2 aromatic carbocycles. The molecule has 10 heteroatoms. The Balaban J connectivity index is 1.54. The van der Waals surface area contributed by atoms with E-state index in [4.69, 9.17) is 11.6 Å². The first-order chi connectivity index (χ1) is 15.2. The number of amides is 1. The van der Waals surface area contributed by atoms with Crippen LogP contribution >= 0.6 is 22.9 Å². The van der Waals surface area contributed by atoms with Crippen LogP contribution in [0.3, 0.4) is 0 Å². The van der Waals surface area contributed by atoms with Gasteiger partial charge < -0.3 is 4.90 Å². The lowest BCUT2D eigenvalue weighted by Gasteiger charge is -2.26. The van der Waals surface area contributed by atoms with Gasteiger partial charge in [-0.15, -0.1) is 0 Å². The van der Waals surface area contributed by atoms with Crippen LogP contribution in [0.15, 0.2) is 46.1 Å². The minimum atomic E-state index is -3.88. The third-order valence-corrected chi connectivity index (χ3v) is 8.19. The number of nitrogens with one attached hydrogen (secondary N) is 1. The number of carbonyl (C=O) groups excluding carboxylic acids is 1. The number of fused-ring (bicyclic) bond motifs is 1. The van der Waals surface area contributed by atoms with Gasteiger partial charge in [-0.1, -0.05) is 29.0 Å². The lowest BCUT2D eigenvalue weighted by Crippen LogP contribution is -2.36. The van der Waals surface area contributed by atoms with Gasteiger partial charge in [0.1, 0.15) is 0 Å². The van der Waals surface area contributed by atoms with Gasteiger partial charge in [0.2, 0.25) is 5.91 Å². The molecule has 7 nitrogen and oxygen atoms in total. The van der Waals surface area contributed by atoms with Crippen LogP contribution in [0.1, 0.15) is 31.2 Å². The molecule has 1 fully saturated rings. The number of sulfonamides is 1. The molecule has 1 amide bonds. The highest BCUT2D eigenvalue weighted by molar-refractivity contribution is 7.92. The van der Waals surface area contributed by atoms with Crippen molar-refractivity contribution in [3.05, 3.63) is 56.7 Å². The Morgan fingerprint density at radius 3 is 2.59 bits per heavy atom. The topological polar surface area (TPSA) is 88.5 Å². The number of benzene rings is 2. The monoisotopic (exact) mass is 493 g/mol. The van der Waals surface area contributed by atoms with E-state index in [1.807, 2.05) is 11.8 Å². The average Bonchev–Trinajstić information content (AvgIpc) is 3.08. The number of halogens is 1. The lowest BCUT2D eigenvalue weighted by atomic mass is 10.1. The van der Waals surface area contributed by atoms with Crippen molar-refractivity contribution < 1.29 is 13.2 Å². The summed E-state index contributed by atoms with van der Waals surface area (Å²) in [5.41, 5.74) is 1.84. The predicted molar refractivity (Wildman–Crippen MR) is 128 cm³/mol. The molecule has 32 heavy (non-hydrogen) atoms. The van der Waals surface area contributed by atoms with Crippen LogP contribution < -0.4 is 9.60 Å². The van der Waals surface area contributed by atoms with Gasteiger partial charge in [-0.3, -0.25) is 18.9 Å². The fourth-order valence-electron chi connectivity index (χ4n) is 3.84. The fraction of sp³-hybridized carbons (Fsp3) is 0.364. The van der Waals surface area contributed by atoms with Crippen molar-refractivity contribution in [2.24, 2.45) is 0 Å². The molecular formula is C22H24ClN3O4S2. The Morgan fingerprint density at radius 2 is 1.88 bits per heavy atom. The SMILES string of the molecule is Cc1ccc(NS(=O)(=O)c2ccc3c(c2)sc(=O)n3CCC(=O)N2CCCCC2)c(Cl)c1. The number of likely N-dealkylation sites (tertiary alicyclic amines) is 1. The Bertz CT molecular complexity index is 1320. The summed E-state index contributed by atoms with van der Waals surface area (Å²) < 4.78 is 30.3. The minimum Gasteiger partial charge on any atom is -0.343 e. The summed E-state index contributed by atoms with van der Waals surface area (Å²) in [5.74, 6) is 0.0503. The quantitative estimate of drug-likeness (QED) is 0.556. The average molecular weight is 494 g/mol. The van der Waals surface area contributed by atoms with E-state index in [2.05, 4.69) is 4.72 Å². The van der Waals surface area contributed by atoms with Crippen LogP contribution in [0, 0.1) is 6.92 Å². The Morgan fingerprint density at radius 1 is 1.12 bits per heavy atom. The van der Waals surface area contributed by atoms with Crippen molar-refractivity contribution in [1.82, 2.24) is 9.47 Å². The normalized spacial score (nSPS) is 14.6. The number of hydrogen-bond acceptors (Lipinski definition) is 5. The van der Waals surface area contributed by atoms with Crippen LogP contribution in [0.2, 0.25) is 5.02 Å². The van der Waals surface area contributed by atoms with Crippen molar-refractivity contribution in [2.75, 3.05) is 17.8 Å². The molecule has 0 saturated carbocycles. The number of anilines is 1. The number of rotatable bonds is 6. The summed E-state index contributed by atoms with van der Waals surface area (Å²) >= 11 is 7.13. The Hall–Kier alpha value is -2.36. The summed E-state index contributed by atoms with van der Waals surface area (Å²) in [7, 11) is -3.88. The van der Waals surface area contributed by atoms with Gasteiger partial charge >= 0.3 is 4.87 Å². The van der Waals surface area contributed by atoms with E-state index in [0.29, 0.717) is 20.9 Å². The first kappa shape index (κ1) is 22.8. The predicted octanol–water partition coefficient (Wildman–Crippen LogP) is 4.23. The third-order valence-electron chi connectivity index (χ3n) is 5.58. The molecule has 1 aliphatic rings. The lowest BCUT2D eigenvalue weighted by molar-refractivity contribution is -0.132. The van der Waals surface area contributed by atoms with Crippen LogP contribution in [0.4, 0.5) is 5.69 Å². The molecule has 3 aromatic rings. The van der Waals surface area contributed by atoms with E-state index in [1.54, 1.807) is 28.8 Å². The molecule has 0 spiro atoms. The molecule has 0 radical (unpaired) electrons. The molecule has 2 heterocycles. The molecule has 0 unspecified atom stereocenters. The number of aromatic nitrogens is 1. The van der Waals surface area contributed by atoms with E-state index >= 15 is 0 Å². The number of thiazole rings is 1. The van der Waals surface area contributed by atoms with Gasteiger partial charge in [-0.05, 0) is 62.1 Å². The van der Waals surface area contributed by atoms with Gasteiger partial charge in [-0.2, -0.15) is 0 Å². The maximum Gasteiger partial charge on any atom is 0.308 e. The molecule has 1 aliphatic heterocycles. The van der Waals surface area contributed by atoms with Crippen LogP contribution in [0.25, 0.3) is 10.2 Å². The molecule has 0 bridgehead atoms. The van der Waals surface area contributed by atoms with E-state index in [1.165, 1.54) is 12.1 Å². The standard InChI is InChI=1S/C22H24ClN3O4S2/c1-15-5-7-18(17(23)13-15)24-32(29,30)16-6-8-19-20(14-16)31-22(28)26(19)12-9-21(27)25-10-3-2-4-11-25/h5-8,13-14,24H,2-4,9-12H2,1H3. The zero-order chi connectivity index (χ0) is 22.9. The van der Waals surface area contributed by atoms with Crippen LogP contribution in [-0.2, 0) is 21.4 Å². The summed E-state index contributed by atoms with van der Waals surface area (Å²) in [6.07, 6.45) is 3.44. The highest BCUT2D eigenvalue weighted by Gasteiger charge is 2.20. The van der Waals surface area contributed by atoms with Crippen molar-refractivity contribution >= 4 is 54.8 Å². The largest absolute Gasteiger partial charge is 0.343 e. The number of carbonyl (C=O) groups is 1. The molecule has 170 valence electrons. The summed E-state index contributed by atoms with van der Waals surface area (Å²) in [6.45, 7) is 3.69. The molecular weight excluding hydrogens is 470 g/mol. The molecule has 0 aliphatic carbocycles. The number of nitrogens with zero attached hydrogens (tertiary/aromatic N) is 2. The Labute approximate surface area is 195 Å². The maximum absolute atomic E-state index is 12.9. The summed E-state index contributed by atoms with van der Waals surface area (Å²) in [4.78, 5) is 26.7. The second-order valence-electron chi connectivity index (χ2n) is 7.93. The number of piperidine rings is 1. The first-order valence-electron chi connectivity index (χ1n) is 10.4. The van der Waals surface area contributed by atoms with Crippen LogP contribution in [0.5, 0.6) is 0 Å². The zero-order valence-corrected chi connectivity index (χ0v) is 20.0. The highest BCUT2D eigenvalue weighted by Crippen LogP contribution is 2.27. The van der Waals surface area contributed by atoms with Crippen molar-refractivity contribution in [2.45, 2.75) is 44.0 Å². The van der Waals surface area contributed by atoms with Gasteiger partial charge in [0.15, 0.2) is 0 Å². The van der Waals surface area contributed by atoms with E-state index in [-0.39, 0.29) is 28.6 Å². The van der Waals surface area contributed by atoms with Crippen molar-refractivity contribution in [3.8, 4) is 0 Å². The molecule has 1 N–H and O–H groups in total. The van der Waals surface area contributed by atoms with Crippen LogP contribution in [-0.4, -0.2) is 36.9 Å². The molecule has 1 aromatic heterocycles. The van der Waals surface area contributed by atoms with Crippen molar-refractivity contribution in [1.29, 1.82) is 0 Å². The van der Waals surface area contributed by atoms with Gasteiger partial charge in [0.25, 0.3) is 10.0 Å². The van der Waals surface area contributed by atoms with Gasteiger partial charge in [-0.25, -0.2) is 8.42 Å². The maximum atomic E-state index is 12.9. The second kappa shape index (κ2) is 9.25. The molecule has 0 atom stereocenters. The minimum absolute atomic E-state index is 0.0411. The summed E-state index contributed by atoms with van der Waals surface area (Å²) in [6, 6.07) is 9.62. The molecule has 4 rings (SSSR count). The van der Waals surface area contributed by atoms with Crippen molar-refractivity contribution in [3.63, 3.8) is 0 Å². The Kier molecular flexibility index (Phi) is 6.60. The number of aryl methyl sites for hydroxylation is 2. The van der Waals surface area contributed by atoms with E-state index in [9.17, 15) is 18.0 Å². The third kappa shape index (κ3) is 4.84. The van der Waals surface area contributed by atoms with E-state index < -0.39 is 10.0 Å². The highest BCUT2D eigenvalue weighted by atomic mass is 35.5. The van der Waals surface area contributed by atoms with E-state index in [0.717, 1.165) is 49.3 Å². The zero-order valence-electron chi connectivity index (χ0n) is 17.6. The first-order valence-corrected chi connectivity index (χ1v) is 13.1. The second-order valence-corrected chi connectivity index (χ2v) is 11.0.